The van der Waals surface area contributed by atoms with Gasteiger partial charge in [0.15, 0.2) is 5.78 Å². The Labute approximate surface area is 180 Å². The van der Waals surface area contributed by atoms with E-state index in [4.69, 9.17) is 5.14 Å². The number of fused-ring (bicyclic) bond motifs is 1. The molecule has 0 aromatic heterocycles. The van der Waals surface area contributed by atoms with Gasteiger partial charge in [-0.15, -0.1) is 0 Å². The van der Waals surface area contributed by atoms with Crippen LogP contribution in [0.4, 0.5) is 9.18 Å². The lowest BCUT2D eigenvalue weighted by Gasteiger charge is -2.44. The zero-order chi connectivity index (χ0) is 22.2. The summed E-state index contributed by atoms with van der Waals surface area (Å²) in [7, 11) is -3.80. The highest BCUT2D eigenvalue weighted by atomic mass is 32.2. The molecule has 3 N–H and O–H groups in total. The summed E-state index contributed by atoms with van der Waals surface area (Å²) >= 11 is 0. The Morgan fingerprint density at radius 3 is 2.58 bits per heavy atom. The minimum atomic E-state index is -3.80. The van der Waals surface area contributed by atoms with E-state index in [1.54, 1.807) is 23.1 Å². The van der Waals surface area contributed by atoms with Gasteiger partial charge in [-0.1, -0.05) is 18.2 Å². The molecule has 0 bridgehead atoms. The van der Waals surface area contributed by atoms with Gasteiger partial charge in [-0.2, -0.15) is 0 Å². The summed E-state index contributed by atoms with van der Waals surface area (Å²) in [4.78, 5) is 26.9. The minimum absolute atomic E-state index is 0.00120. The van der Waals surface area contributed by atoms with Gasteiger partial charge in [-0.3, -0.25) is 4.79 Å². The van der Waals surface area contributed by atoms with Crippen molar-refractivity contribution in [3.63, 3.8) is 0 Å². The first-order valence-corrected chi connectivity index (χ1v) is 11.7. The molecule has 0 radical (unpaired) electrons. The second-order valence-electron chi connectivity index (χ2n) is 8.42. The van der Waals surface area contributed by atoms with Gasteiger partial charge in [0.05, 0.1) is 4.90 Å². The molecule has 2 aromatic carbocycles. The topological polar surface area (TPSA) is 110 Å². The van der Waals surface area contributed by atoms with E-state index in [9.17, 15) is 22.4 Å². The van der Waals surface area contributed by atoms with Crippen molar-refractivity contribution in [1.29, 1.82) is 0 Å². The first-order valence-electron chi connectivity index (χ1n) is 10.1. The van der Waals surface area contributed by atoms with E-state index in [1.807, 2.05) is 0 Å². The average Bonchev–Trinajstić information content (AvgIpc) is 2.73. The van der Waals surface area contributed by atoms with Crippen molar-refractivity contribution in [2.24, 2.45) is 10.6 Å². The number of nitrogens with two attached hydrogens (primary N) is 1. The van der Waals surface area contributed by atoms with Crippen LogP contribution in [-0.2, 0) is 23.0 Å². The molecule has 0 unspecified atom stereocenters. The van der Waals surface area contributed by atoms with Crippen molar-refractivity contribution >= 4 is 21.8 Å². The molecule has 4 rings (SSSR count). The number of nitrogens with zero attached hydrogens (tertiary/aromatic N) is 1. The molecule has 1 fully saturated rings. The molecule has 2 aliphatic rings. The number of rotatable bonds is 3. The Morgan fingerprint density at radius 1 is 1.13 bits per heavy atom. The summed E-state index contributed by atoms with van der Waals surface area (Å²) in [6, 6.07) is 10.3. The summed E-state index contributed by atoms with van der Waals surface area (Å²) < 4.78 is 36.4. The van der Waals surface area contributed by atoms with Crippen molar-refractivity contribution in [3.8, 4) is 0 Å². The van der Waals surface area contributed by atoms with Crippen molar-refractivity contribution < 1.29 is 22.4 Å². The number of amides is 2. The number of halogens is 1. The number of hydrogen-bond acceptors (Lipinski definition) is 4. The van der Waals surface area contributed by atoms with Gasteiger partial charge in [0.25, 0.3) is 0 Å². The molecule has 1 saturated heterocycles. The first-order chi connectivity index (χ1) is 14.7. The Morgan fingerprint density at radius 2 is 1.87 bits per heavy atom. The Hall–Kier alpha value is -2.78. The molecule has 2 aromatic rings. The molecule has 31 heavy (non-hydrogen) atoms. The van der Waals surface area contributed by atoms with Gasteiger partial charge < -0.3 is 10.2 Å². The van der Waals surface area contributed by atoms with Crippen LogP contribution in [-0.4, -0.2) is 38.2 Å². The molecule has 7 nitrogen and oxygen atoms in total. The monoisotopic (exact) mass is 445 g/mol. The third-order valence-corrected chi connectivity index (χ3v) is 7.17. The fourth-order valence-corrected chi connectivity index (χ4v) is 5.11. The summed E-state index contributed by atoms with van der Waals surface area (Å²) in [6.45, 7) is 1.22. The van der Waals surface area contributed by atoms with Crippen LogP contribution in [0, 0.1) is 11.2 Å². The molecule has 0 atom stereocenters. The molecule has 1 aliphatic carbocycles. The highest BCUT2D eigenvalue weighted by Crippen LogP contribution is 2.43. The van der Waals surface area contributed by atoms with Crippen LogP contribution in [0.15, 0.2) is 47.4 Å². The largest absolute Gasteiger partial charge is 0.334 e. The third kappa shape index (κ3) is 4.62. The zero-order valence-electron chi connectivity index (χ0n) is 16.9. The standard InChI is InChI=1S/C22H24FN3O4S/c23-17-5-4-16-12-22(13-20(27)19(16)11-17)6-8-26(9-7-22)21(28)25-14-15-2-1-3-18(10-15)31(24,29)30/h1-5,10-11H,6-9,12-14H2,(H,25,28)(H2,24,29,30). The van der Waals surface area contributed by atoms with Crippen molar-refractivity contribution in [2.45, 2.75) is 37.1 Å². The van der Waals surface area contributed by atoms with Gasteiger partial charge in [0, 0.05) is 31.6 Å². The van der Waals surface area contributed by atoms with E-state index in [-0.39, 0.29) is 28.7 Å². The molecule has 164 valence electrons. The Kier molecular flexibility index (Phi) is 5.57. The summed E-state index contributed by atoms with van der Waals surface area (Å²) in [6.07, 6.45) is 2.48. The fraction of sp³-hybridized carbons (Fsp3) is 0.364. The maximum atomic E-state index is 13.5. The van der Waals surface area contributed by atoms with Gasteiger partial charge in [-0.25, -0.2) is 22.7 Å². The molecule has 0 saturated carbocycles. The van der Waals surface area contributed by atoms with Crippen LogP contribution < -0.4 is 10.5 Å². The smallest absolute Gasteiger partial charge is 0.317 e. The number of likely N-dealkylation sites (tertiary alicyclic amines) is 1. The highest BCUT2D eigenvalue weighted by Gasteiger charge is 2.41. The molecular formula is C22H24FN3O4S. The van der Waals surface area contributed by atoms with Crippen LogP contribution >= 0.6 is 0 Å². The van der Waals surface area contributed by atoms with E-state index < -0.39 is 15.8 Å². The average molecular weight is 446 g/mol. The molecule has 2 amide bonds. The summed E-state index contributed by atoms with van der Waals surface area (Å²) in [5, 5.41) is 7.96. The van der Waals surface area contributed by atoms with Gasteiger partial charge in [0.2, 0.25) is 10.0 Å². The lowest BCUT2D eigenvalue weighted by Crippen LogP contribution is -2.49. The zero-order valence-corrected chi connectivity index (χ0v) is 17.8. The highest BCUT2D eigenvalue weighted by molar-refractivity contribution is 7.89. The van der Waals surface area contributed by atoms with E-state index in [0.717, 1.165) is 5.56 Å². The number of carbonyl (C=O) groups excluding carboxylic acids is 2. The second-order valence-corrected chi connectivity index (χ2v) is 9.98. The van der Waals surface area contributed by atoms with Gasteiger partial charge >= 0.3 is 6.03 Å². The normalized spacial score (nSPS) is 18.0. The fourth-order valence-electron chi connectivity index (χ4n) is 4.52. The number of hydrogen-bond donors (Lipinski definition) is 2. The van der Waals surface area contributed by atoms with Crippen LogP contribution in [0.3, 0.4) is 0 Å². The number of ketones is 1. The van der Waals surface area contributed by atoms with Crippen LogP contribution in [0.25, 0.3) is 0 Å². The summed E-state index contributed by atoms with van der Waals surface area (Å²) in [5.74, 6) is -0.433. The predicted molar refractivity (Wildman–Crippen MR) is 112 cm³/mol. The first kappa shape index (κ1) is 21.5. The van der Waals surface area contributed by atoms with E-state index in [0.29, 0.717) is 49.9 Å². The SMILES string of the molecule is NS(=O)(=O)c1cccc(CNC(=O)N2CCC3(CC2)CC(=O)c2cc(F)ccc2C3)c1. The van der Waals surface area contributed by atoms with E-state index in [1.165, 1.54) is 24.3 Å². The van der Waals surface area contributed by atoms with Crippen LogP contribution in [0.2, 0.25) is 0 Å². The number of benzene rings is 2. The number of sulfonamides is 1. The number of primary sulfonamides is 1. The van der Waals surface area contributed by atoms with E-state index >= 15 is 0 Å². The second kappa shape index (κ2) is 8.05. The van der Waals surface area contributed by atoms with Crippen molar-refractivity contribution in [2.75, 3.05) is 13.1 Å². The molecule has 1 spiro atoms. The Balaban J connectivity index is 1.35. The van der Waals surface area contributed by atoms with Crippen LogP contribution in [0.1, 0.15) is 40.7 Å². The summed E-state index contributed by atoms with van der Waals surface area (Å²) in [5.41, 5.74) is 1.80. The van der Waals surface area contributed by atoms with Crippen molar-refractivity contribution in [1.82, 2.24) is 10.2 Å². The molecule has 9 heteroatoms. The maximum absolute atomic E-state index is 13.5. The lowest BCUT2D eigenvalue weighted by molar-refractivity contribution is 0.0735. The lowest BCUT2D eigenvalue weighted by atomic mass is 9.66. The molecule has 1 heterocycles. The van der Waals surface area contributed by atoms with E-state index in [2.05, 4.69) is 5.32 Å². The maximum Gasteiger partial charge on any atom is 0.317 e. The number of Topliss-reactive ketones (excluding diaryl/α,β-unsaturated/α-hetero) is 1. The number of urea groups is 1. The quantitative estimate of drug-likeness (QED) is 0.757. The number of carbonyl (C=O) groups is 2. The van der Waals surface area contributed by atoms with Crippen molar-refractivity contribution in [3.05, 3.63) is 65.0 Å². The Bertz CT molecular complexity index is 1140. The molecule has 1 aliphatic heterocycles. The van der Waals surface area contributed by atoms with Gasteiger partial charge in [-0.05, 0) is 60.1 Å². The van der Waals surface area contributed by atoms with Crippen LogP contribution in [0.5, 0.6) is 0 Å². The molecular weight excluding hydrogens is 421 g/mol. The third-order valence-electron chi connectivity index (χ3n) is 6.26. The number of piperidine rings is 1. The predicted octanol–water partition coefficient (Wildman–Crippen LogP) is 2.59. The minimum Gasteiger partial charge on any atom is -0.334 e. The number of nitrogens with one attached hydrogen (secondary N) is 1. The van der Waals surface area contributed by atoms with Gasteiger partial charge in [0.1, 0.15) is 5.82 Å².